The fourth-order valence-electron chi connectivity index (χ4n) is 1.40. The molecule has 2 N–H and O–H groups in total. The molecule has 0 saturated carbocycles. The van der Waals surface area contributed by atoms with Crippen molar-refractivity contribution in [1.29, 1.82) is 0 Å². The Hall–Kier alpha value is -1.05. The summed E-state index contributed by atoms with van der Waals surface area (Å²) in [5.74, 6) is 1.52. The van der Waals surface area contributed by atoms with Crippen LogP contribution in [0.15, 0.2) is 23.1 Å². The molecule has 86 valence electrons. The van der Waals surface area contributed by atoms with Crippen molar-refractivity contribution in [2.75, 3.05) is 6.26 Å². The summed E-state index contributed by atoms with van der Waals surface area (Å²) in [5.41, 5.74) is 1.30. The first kappa shape index (κ1) is 11.4. The molecule has 0 atom stereocenters. The first-order valence-electron chi connectivity index (χ1n) is 4.46. The third kappa shape index (κ3) is 2.21. The number of hydrogen-bond acceptors (Lipinski definition) is 4. The predicted octanol–water partition coefficient (Wildman–Crippen LogP) is 1.67. The highest BCUT2D eigenvalue weighted by Crippen LogP contribution is 2.18. The third-order valence-electron chi connectivity index (χ3n) is 2.08. The molecule has 0 aliphatic carbocycles. The van der Waals surface area contributed by atoms with Crippen LogP contribution in [0.5, 0.6) is 0 Å². The number of nitrogens with one attached hydrogen (secondary N) is 1. The zero-order valence-electron chi connectivity index (χ0n) is 8.47. The van der Waals surface area contributed by atoms with Crippen molar-refractivity contribution in [2.45, 2.75) is 10.6 Å². The number of aromatic nitrogens is 2. The number of thioether (sulfide) groups is 1. The summed E-state index contributed by atoms with van der Waals surface area (Å²) in [5, 5.41) is 0. The van der Waals surface area contributed by atoms with Gasteiger partial charge in [-0.1, -0.05) is 0 Å². The summed E-state index contributed by atoms with van der Waals surface area (Å²) >= 11 is 1.62. The van der Waals surface area contributed by atoms with Gasteiger partial charge in [0, 0.05) is 0 Å². The molecule has 0 aliphatic heterocycles. The van der Waals surface area contributed by atoms with E-state index in [1.807, 2.05) is 6.26 Å². The van der Waals surface area contributed by atoms with E-state index in [2.05, 4.69) is 9.97 Å². The van der Waals surface area contributed by atoms with E-state index in [-0.39, 0.29) is 4.90 Å². The lowest BCUT2D eigenvalue weighted by Gasteiger charge is -1.94. The Bertz CT molecular complexity index is 619. The van der Waals surface area contributed by atoms with Crippen LogP contribution >= 0.6 is 11.8 Å². The van der Waals surface area contributed by atoms with Crippen LogP contribution in [-0.4, -0.2) is 29.2 Å². The first-order chi connectivity index (χ1) is 7.50. The van der Waals surface area contributed by atoms with Gasteiger partial charge in [0.05, 0.1) is 21.7 Å². The normalized spacial score (nSPS) is 12.1. The van der Waals surface area contributed by atoms with Crippen molar-refractivity contribution in [3.63, 3.8) is 0 Å². The smallest absolute Gasteiger partial charge is 0.294 e. The van der Waals surface area contributed by atoms with Crippen LogP contribution in [-0.2, 0) is 15.9 Å². The van der Waals surface area contributed by atoms with Crippen molar-refractivity contribution < 1.29 is 13.0 Å². The Morgan fingerprint density at radius 3 is 2.88 bits per heavy atom. The number of rotatable bonds is 3. The van der Waals surface area contributed by atoms with Crippen LogP contribution in [0.1, 0.15) is 5.82 Å². The summed E-state index contributed by atoms with van der Waals surface area (Å²) in [6.07, 6.45) is 1.96. The molecule has 2 rings (SSSR count). The lowest BCUT2D eigenvalue weighted by atomic mass is 10.3. The quantitative estimate of drug-likeness (QED) is 0.818. The lowest BCUT2D eigenvalue weighted by Crippen LogP contribution is -1.97. The van der Waals surface area contributed by atoms with E-state index < -0.39 is 10.1 Å². The Morgan fingerprint density at radius 2 is 2.25 bits per heavy atom. The second kappa shape index (κ2) is 4.08. The number of nitrogens with zero attached hydrogens (tertiary/aromatic N) is 1. The van der Waals surface area contributed by atoms with Gasteiger partial charge in [0.25, 0.3) is 10.1 Å². The summed E-state index contributed by atoms with van der Waals surface area (Å²) in [6, 6.07) is 4.29. The largest absolute Gasteiger partial charge is 0.341 e. The minimum Gasteiger partial charge on any atom is -0.341 e. The summed E-state index contributed by atoms with van der Waals surface area (Å²) in [6.45, 7) is 0. The molecule has 0 bridgehead atoms. The average molecular weight is 258 g/mol. The van der Waals surface area contributed by atoms with Crippen molar-refractivity contribution >= 4 is 32.9 Å². The van der Waals surface area contributed by atoms with Gasteiger partial charge in [-0.15, -0.1) is 0 Å². The Morgan fingerprint density at radius 1 is 1.50 bits per heavy atom. The molecule has 0 saturated heterocycles. The number of benzene rings is 1. The summed E-state index contributed by atoms with van der Waals surface area (Å²) in [4.78, 5) is 7.15. The second-order valence-electron chi connectivity index (χ2n) is 3.27. The fourth-order valence-corrected chi connectivity index (χ4v) is 2.31. The molecular formula is C9H10N2O3S2. The zero-order valence-corrected chi connectivity index (χ0v) is 10.1. The minimum absolute atomic E-state index is 0.137. The second-order valence-corrected chi connectivity index (χ2v) is 5.56. The molecule has 1 heterocycles. The topological polar surface area (TPSA) is 83.1 Å². The maximum atomic E-state index is 10.9. The van der Waals surface area contributed by atoms with E-state index in [0.717, 1.165) is 17.1 Å². The number of hydrogen-bond donors (Lipinski definition) is 2. The fraction of sp³-hybridized carbons (Fsp3) is 0.222. The van der Waals surface area contributed by atoms with Gasteiger partial charge in [-0.25, -0.2) is 4.98 Å². The van der Waals surface area contributed by atoms with E-state index in [9.17, 15) is 8.42 Å². The highest BCUT2D eigenvalue weighted by molar-refractivity contribution is 7.97. The van der Waals surface area contributed by atoms with Crippen LogP contribution in [0.4, 0.5) is 0 Å². The van der Waals surface area contributed by atoms with E-state index in [4.69, 9.17) is 4.55 Å². The van der Waals surface area contributed by atoms with Crippen LogP contribution in [0.25, 0.3) is 11.0 Å². The van der Waals surface area contributed by atoms with Gasteiger partial charge < -0.3 is 4.98 Å². The molecule has 0 unspecified atom stereocenters. The molecule has 0 spiro atoms. The molecule has 1 aromatic carbocycles. The molecule has 1 aromatic heterocycles. The van der Waals surface area contributed by atoms with Crippen LogP contribution in [0, 0.1) is 0 Å². The van der Waals surface area contributed by atoms with E-state index in [1.54, 1.807) is 17.8 Å². The zero-order chi connectivity index (χ0) is 11.8. The maximum Gasteiger partial charge on any atom is 0.294 e. The van der Waals surface area contributed by atoms with Gasteiger partial charge >= 0.3 is 0 Å². The number of H-pyrrole nitrogens is 1. The number of imidazole rings is 1. The van der Waals surface area contributed by atoms with Gasteiger partial charge in [-0.2, -0.15) is 20.2 Å². The highest BCUT2D eigenvalue weighted by atomic mass is 32.2. The summed E-state index contributed by atoms with van der Waals surface area (Å²) < 4.78 is 30.7. The molecule has 7 heteroatoms. The number of aromatic amines is 1. The van der Waals surface area contributed by atoms with Crippen molar-refractivity contribution in [3.05, 3.63) is 24.0 Å². The van der Waals surface area contributed by atoms with E-state index in [1.165, 1.54) is 12.1 Å². The first-order valence-corrected chi connectivity index (χ1v) is 7.29. The van der Waals surface area contributed by atoms with Crippen molar-refractivity contribution in [3.8, 4) is 0 Å². The third-order valence-corrected chi connectivity index (χ3v) is 3.49. The standard InChI is InChI=1S/C9H10N2O3S2/c1-15-5-9-10-7-3-2-6(16(12,13)14)4-8(7)11-9/h2-4H,5H2,1H3,(H,10,11)(H,12,13,14). The Kier molecular flexibility index (Phi) is 2.92. The molecule has 0 amide bonds. The van der Waals surface area contributed by atoms with E-state index >= 15 is 0 Å². The molecular weight excluding hydrogens is 248 g/mol. The highest BCUT2D eigenvalue weighted by Gasteiger charge is 2.11. The van der Waals surface area contributed by atoms with Gasteiger partial charge in [0.2, 0.25) is 0 Å². The Labute approximate surface area is 97.0 Å². The minimum atomic E-state index is -4.16. The number of fused-ring (bicyclic) bond motifs is 1. The molecule has 2 aromatic rings. The van der Waals surface area contributed by atoms with E-state index in [0.29, 0.717) is 5.52 Å². The predicted molar refractivity (Wildman–Crippen MR) is 63.1 cm³/mol. The van der Waals surface area contributed by atoms with Gasteiger partial charge in [0.1, 0.15) is 5.82 Å². The molecule has 0 radical (unpaired) electrons. The molecule has 0 aliphatic rings. The lowest BCUT2D eigenvalue weighted by molar-refractivity contribution is 0.483. The van der Waals surface area contributed by atoms with Crippen molar-refractivity contribution in [1.82, 2.24) is 9.97 Å². The monoisotopic (exact) mass is 258 g/mol. The molecule has 5 nitrogen and oxygen atoms in total. The van der Waals surface area contributed by atoms with Gasteiger partial charge in [-0.3, -0.25) is 4.55 Å². The average Bonchev–Trinajstić information content (AvgIpc) is 2.57. The van der Waals surface area contributed by atoms with Crippen LogP contribution < -0.4 is 0 Å². The SMILES string of the molecule is CSCc1nc2cc(S(=O)(=O)O)ccc2[nH]1. The van der Waals surface area contributed by atoms with Gasteiger partial charge in [-0.05, 0) is 24.5 Å². The van der Waals surface area contributed by atoms with Crippen molar-refractivity contribution in [2.24, 2.45) is 0 Å². The molecule has 16 heavy (non-hydrogen) atoms. The summed E-state index contributed by atoms with van der Waals surface area (Å²) in [7, 11) is -4.16. The Balaban J connectivity index is 2.54. The maximum absolute atomic E-state index is 10.9. The van der Waals surface area contributed by atoms with Gasteiger partial charge in [0.15, 0.2) is 0 Å². The molecule has 0 fully saturated rings. The van der Waals surface area contributed by atoms with Crippen LogP contribution in [0.2, 0.25) is 0 Å². The van der Waals surface area contributed by atoms with Crippen LogP contribution in [0.3, 0.4) is 0 Å².